The van der Waals surface area contributed by atoms with E-state index in [4.69, 9.17) is 0 Å². The summed E-state index contributed by atoms with van der Waals surface area (Å²) in [5.74, 6) is 0.774. The highest BCUT2D eigenvalue weighted by Gasteiger charge is 2.27. The number of aromatic amines is 1. The lowest BCUT2D eigenvalue weighted by molar-refractivity contribution is 0.169. The number of nitrogens with zero attached hydrogens (tertiary/aromatic N) is 3. The van der Waals surface area contributed by atoms with Crippen LogP contribution in [-0.2, 0) is 0 Å². The summed E-state index contributed by atoms with van der Waals surface area (Å²) in [6.07, 6.45) is 1.46. The van der Waals surface area contributed by atoms with Crippen LogP contribution in [0.3, 0.4) is 0 Å². The van der Waals surface area contributed by atoms with Gasteiger partial charge in [-0.1, -0.05) is 0 Å². The molecule has 1 aliphatic rings. The predicted octanol–water partition coefficient (Wildman–Crippen LogP) is 0.299. The molecule has 0 aliphatic carbocycles. The summed E-state index contributed by atoms with van der Waals surface area (Å²) in [4.78, 5) is 22.5. The molecule has 0 spiro atoms. The fraction of sp³-hybridized carbons (Fsp3) is 0.636. The Morgan fingerprint density at radius 1 is 1.38 bits per heavy atom. The van der Waals surface area contributed by atoms with Crippen LogP contribution < -0.4 is 10.5 Å². The molecule has 0 amide bonds. The average molecular weight is 222 g/mol. The van der Waals surface area contributed by atoms with Crippen molar-refractivity contribution < 1.29 is 0 Å². The van der Waals surface area contributed by atoms with Gasteiger partial charge in [-0.15, -0.1) is 0 Å². The number of anilines is 1. The molecule has 0 radical (unpaired) electrons. The van der Waals surface area contributed by atoms with Gasteiger partial charge in [-0.3, -0.25) is 9.69 Å². The van der Waals surface area contributed by atoms with Gasteiger partial charge in [-0.05, 0) is 20.9 Å². The van der Waals surface area contributed by atoms with Gasteiger partial charge in [0.2, 0.25) is 0 Å². The average Bonchev–Trinajstić information content (AvgIpc) is 2.25. The van der Waals surface area contributed by atoms with Gasteiger partial charge in [0, 0.05) is 31.2 Å². The van der Waals surface area contributed by atoms with Crippen molar-refractivity contribution in [1.29, 1.82) is 0 Å². The molecule has 0 bridgehead atoms. The van der Waals surface area contributed by atoms with Crippen LogP contribution in [0.4, 0.5) is 5.82 Å². The number of hydrogen-bond donors (Lipinski definition) is 1. The maximum Gasteiger partial charge on any atom is 0.252 e. The van der Waals surface area contributed by atoms with E-state index in [1.807, 2.05) is 0 Å². The van der Waals surface area contributed by atoms with Gasteiger partial charge in [0.05, 0.1) is 6.33 Å². The minimum absolute atomic E-state index is 0.0933. The Hall–Kier alpha value is -1.36. The van der Waals surface area contributed by atoms with E-state index in [1.165, 1.54) is 6.33 Å². The lowest BCUT2D eigenvalue weighted by atomic mass is 10.1. The minimum atomic E-state index is -0.0933. The molecular formula is C11H18N4O. The zero-order chi connectivity index (χ0) is 11.7. The number of nitrogens with one attached hydrogen (secondary N) is 1. The Bertz CT molecular complexity index is 404. The molecule has 0 saturated carbocycles. The smallest absolute Gasteiger partial charge is 0.252 e. The second-order valence-corrected chi connectivity index (χ2v) is 4.54. The zero-order valence-corrected chi connectivity index (χ0v) is 9.97. The zero-order valence-electron chi connectivity index (χ0n) is 9.97. The van der Waals surface area contributed by atoms with Gasteiger partial charge in [0.15, 0.2) is 0 Å². The van der Waals surface area contributed by atoms with E-state index in [0.29, 0.717) is 12.1 Å². The molecule has 2 unspecified atom stereocenters. The van der Waals surface area contributed by atoms with Crippen LogP contribution >= 0.6 is 0 Å². The molecule has 2 rings (SSSR count). The first kappa shape index (κ1) is 11.1. The largest absolute Gasteiger partial charge is 0.353 e. The summed E-state index contributed by atoms with van der Waals surface area (Å²) in [6.45, 7) is 6.21. The predicted molar refractivity (Wildman–Crippen MR) is 63.8 cm³/mol. The molecule has 2 atom stereocenters. The highest BCUT2D eigenvalue weighted by Crippen LogP contribution is 2.17. The Morgan fingerprint density at radius 2 is 2.00 bits per heavy atom. The fourth-order valence-electron chi connectivity index (χ4n) is 2.12. The third-order valence-electron chi connectivity index (χ3n) is 3.35. The normalized spacial score (nSPS) is 27.1. The maximum atomic E-state index is 11.2. The van der Waals surface area contributed by atoms with E-state index < -0.39 is 0 Å². The van der Waals surface area contributed by atoms with Crippen molar-refractivity contribution in [3.63, 3.8) is 0 Å². The van der Waals surface area contributed by atoms with Crippen molar-refractivity contribution in [1.82, 2.24) is 14.9 Å². The molecule has 16 heavy (non-hydrogen) atoms. The molecular weight excluding hydrogens is 204 g/mol. The van der Waals surface area contributed by atoms with Gasteiger partial charge >= 0.3 is 0 Å². The number of aromatic nitrogens is 2. The van der Waals surface area contributed by atoms with Crippen molar-refractivity contribution in [2.75, 3.05) is 25.0 Å². The Labute approximate surface area is 95.1 Å². The third kappa shape index (κ3) is 2.09. The van der Waals surface area contributed by atoms with Crippen molar-refractivity contribution in [3.8, 4) is 0 Å². The number of piperazine rings is 1. The second-order valence-electron chi connectivity index (χ2n) is 4.54. The van der Waals surface area contributed by atoms with Crippen LogP contribution in [0.15, 0.2) is 17.2 Å². The van der Waals surface area contributed by atoms with Gasteiger partial charge in [0.1, 0.15) is 5.82 Å². The Kier molecular flexibility index (Phi) is 2.96. The van der Waals surface area contributed by atoms with Crippen LogP contribution in [0, 0.1) is 0 Å². The van der Waals surface area contributed by atoms with Crippen LogP contribution in [0.1, 0.15) is 13.8 Å². The van der Waals surface area contributed by atoms with Crippen LogP contribution in [0.2, 0.25) is 0 Å². The Morgan fingerprint density at radius 3 is 2.56 bits per heavy atom. The van der Waals surface area contributed by atoms with Crippen molar-refractivity contribution in [2.45, 2.75) is 25.9 Å². The van der Waals surface area contributed by atoms with E-state index in [9.17, 15) is 4.79 Å². The van der Waals surface area contributed by atoms with E-state index in [2.05, 4.69) is 40.7 Å². The minimum Gasteiger partial charge on any atom is -0.353 e. The number of H-pyrrole nitrogens is 1. The number of likely N-dealkylation sites (N-methyl/N-ethyl adjacent to an activating group) is 1. The second kappa shape index (κ2) is 4.25. The first-order chi connectivity index (χ1) is 7.58. The van der Waals surface area contributed by atoms with E-state index in [0.717, 1.165) is 18.9 Å². The number of hydrogen-bond acceptors (Lipinski definition) is 4. The summed E-state index contributed by atoms with van der Waals surface area (Å²) in [7, 11) is 2.14. The molecule has 1 aromatic heterocycles. The van der Waals surface area contributed by atoms with Gasteiger partial charge in [-0.25, -0.2) is 4.98 Å². The van der Waals surface area contributed by atoms with E-state index >= 15 is 0 Å². The van der Waals surface area contributed by atoms with Crippen LogP contribution in [0.25, 0.3) is 0 Å². The lowest BCUT2D eigenvalue weighted by Crippen LogP contribution is -2.55. The van der Waals surface area contributed by atoms with Crippen LogP contribution in [0.5, 0.6) is 0 Å². The number of rotatable bonds is 1. The molecule has 5 heteroatoms. The van der Waals surface area contributed by atoms with Crippen molar-refractivity contribution >= 4 is 5.82 Å². The summed E-state index contributed by atoms with van der Waals surface area (Å²) in [6, 6.07) is 2.51. The summed E-state index contributed by atoms with van der Waals surface area (Å²) in [5, 5.41) is 0. The molecule has 1 saturated heterocycles. The third-order valence-corrected chi connectivity index (χ3v) is 3.35. The lowest BCUT2D eigenvalue weighted by Gasteiger charge is -2.42. The first-order valence-electron chi connectivity index (χ1n) is 5.59. The summed E-state index contributed by atoms with van der Waals surface area (Å²) >= 11 is 0. The molecule has 88 valence electrons. The molecule has 1 fully saturated rings. The van der Waals surface area contributed by atoms with E-state index in [1.54, 1.807) is 6.07 Å². The van der Waals surface area contributed by atoms with Gasteiger partial charge < -0.3 is 9.88 Å². The summed E-state index contributed by atoms with van der Waals surface area (Å²) in [5.41, 5.74) is -0.0933. The SMILES string of the molecule is CC1CN(c2cc(=O)[nH]cn2)CC(C)N1C. The topological polar surface area (TPSA) is 52.2 Å². The molecule has 0 aromatic carbocycles. The first-order valence-corrected chi connectivity index (χ1v) is 5.59. The molecule has 1 aliphatic heterocycles. The molecule has 2 heterocycles. The van der Waals surface area contributed by atoms with Crippen LogP contribution in [-0.4, -0.2) is 47.1 Å². The summed E-state index contributed by atoms with van der Waals surface area (Å²) < 4.78 is 0. The molecule has 1 N–H and O–H groups in total. The highest BCUT2D eigenvalue weighted by atomic mass is 16.1. The highest BCUT2D eigenvalue weighted by molar-refractivity contribution is 5.37. The van der Waals surface area contributed by atoms with Crippen molar-refractivity contribution in [3.05, 3.63) is 22.7 Å². The molecule has 1 aromatic rings. The Balaban J connectivity index is 2.20. The maximum absolute atomic E-state index is 11.2. The fourth-order valence-corrected chi connectivity index (χ4v) is 2.12. The quantitative estimate of drug-likeness (QED) is 0.742. The van der Waals surface area contributed by atoms with Gasteiger partial charge in [-0.2, -0.15) is 0 Å². The molecule has 5 nitrogen and oxygen atoms in total. The van der Waals surface area contributed by atoms with E-state index in [-0.39, 0.29) is 5.56 Å². The monoisotopic (exact) mass is 222 g/mol. The van der Waals surface area contributed by atoms with Gasteiger partial charge in [0.25, 0.3) is 5.56 Å². The van der Waals surface area contributed by atoms with Crippen molar-refractivity contribution in [2.24, 2.45) is 0 Å². The standard InChI is InChI=1S/C11H18N4O/c1-8-5-15(6-9(2)14(8)3)10-4-11(16)13-7-12-10/h4,7-9H,5-6H2,1-3H3,(H,12,13,16).